The number of thiazole rings is 1. The second kappa shape index (κ2) is 10.5. The van der Waals surface area contributed by atoms with Gasteiger partial charge < -0.3 is 15.5 Å². The van der Waals surface area contributed by atoms with Gasteiger partial charge in [0.15, 0.2) is 0 Å². The molecule has 7 nitrogen and oxygen atoms in total. The van der Waals surface area contributed by atoms with E-state index in [0.717, 1.165) is 11.4 Å². The number of amides is 3. The van der Waals surface area contributed by atoms with Crippen LogP contribution in [-0.4, -0.2) is 39.4 Å². The van der Waals surface area contributed by atoms with Crippen molar-refractivity contribution in [3.8, 4) is 0 Å². The van der Waals surface area contributed by atoms with Crippen molar-refractivity contribution in [2.45, 2.75) is 32.9 Å². The van der Waals surface area contributed by atoms with Crippen molar-refractivity contribution in [3.05, 3.63) is 76.5 Å². The van der Waals surface area contributed by atoms with Gasteiger partial charge in [-0.05, 0) is 38.1 Å². The quantitative estimate of drug-likeness (QED) is 0.574. The van der Waals surface area contributed by atoms with Crippen molar-refractivity contribution in [2.75, 3.05) is 11.9 Å². The monoisotopic (exact) mass is 423 g/mol. The molecule has 0 saturated carbocycles. The molecule has 0 aliphatic carbocycles. The number of para-hydroxylation sites is 1. The molecule has 0 unspecified atom stereocenters. The Hall–Kier alpha value is -3.26. The number of carbonyl (C=O) groups excluding carboxylic acids is 2. The highest BCUT2D eigenvalue weighted by Gasteiger charge is 2.20. The molecule has 8 heteroatoms. The summed E-state index contributed by atoms with van der Waals surface area (Å²) in [6.07, 6.45) is 2.39. The van der Waals surface area contributed by atoms with Crippen LogP contribution in [0, 0.1) is 0 Å². The molecule has 0 bridgehead atoms. The summed E-state index contributed by atoms with van der Waals surface area (Å²) >= 11 is 1.37. The van der Waals surface area contributed by atoms with Gasteiger partial charge in [0.05, 0.1) is 6.54 Å². The Morgan fingerprint density at radius 1 is 1.10 bits per heavy atom. The molecule has 3 amide bonds. The Bertz CT molecular complexity index is 960. The van der Waals surface area contributed by atoms with Crippen LogP contribution in [0.1, 0.15) is 35.0 Å². The van der Waals surface area contributed by atoms with Gasteiger partial charge in [0.1, 0.15) is 10.7 Å². The molecule has 0 saturated heterocycles. The molecular formula is C22H25N5O2S. The van der Waals surface area contributed by atoms with Gasteiger partial charge >= 0.3 is 6.03 Å². The van der Waals surface area contributed by atoms with E-state index >= 15 is 0 Å². The van der Waals surface area contributed by atoms with Gasteiger partial charge in [-0.2, -0.15) is 0 Å². The third-order valence-corrected chi connectivity index (χ3v) is 5.23. The van der Waals surface area contributed by atoms with Crippen LogP contribution in [0.5, 0.6) is 0 Å². The van der Waals surface area contributed by atoms with E-state index in [-0.39, 0.29) is 18.0 Å². The lowest BCUT2D eigenvalue weighted by Gasteiger charge is -2.26. The fourth-order valence-electron chi connectivity index (χ4n) is 2.78. The standard InChI is InChI=1S/C22H25N5O2S/c1-16(2)27(22(29)25-18-9-4-3-5-10-18)14-20-26-19(15-30-20)21(28)24-13-11-17-8-6-7-12-23-17/h3-10,12,15-16H,11,13-14H2,1-2H3,(H,24,28)(H,25,29). The number of aromatic nitrogens is 2. The van der Waals surface area contributed by atoms with Crippen molar-refractivity contribution >= 4 is 29.0 Å². The third-order valence-electron chi connectivity index (χ3n) is 4.39. The Kier molecular flexibility index (Phi) is 7.51. The minimum Gasteiger partial charge on any atom is -0.350 e. The number of anilines is 1. The molecule has 0 aliphatic rings. The SMILES string of the molecule is CC(C)N(Cc1nc(C(=O)NCCc2ccccn2)cs1)C(=O)Nc1ccccc1. The number of urea groups is 1. The molecule has 30 heavy (non-hydrogen) atoms. The van der Waals surface area contributed by atoms with E-state index in [0.29, 0.717) is 30.2 Å². The lowest BCUT2D eigenvalue weighted by Crippen LogP contribution is -2.39. The van der Waals surface area contributed by atoms with Crippen LogP contribution in [0.4, 0.5) is 10.5 Å². The predicted molar refractivity (Wildman–Crippen MR) is 119 cm³/mol. The average molecular weight is 424 g/mol. The summed E-state index contributed by atoms with van der Waals surface area (Å²) in [5.74, 6) is -0.224. The molecule has 3 rings (SSSR count). The van der Waals surface area contributed by atoms with Crippen LogP contribution >= 0.6 is 11.3 Å². The van der Waals surface area contributed by atoms with E-state index in [1.54, 1.807) is 16.5 Å². The minimum atomic E-state index is -0.224. The van der Waals surface area contributed by atoms with Gasteiger partial charge in [-0.3, -0.25) is 9.78 Å². The summed E-state index contributed by atoms with van der Waals surface area (Å²) in [5.41, 5.74) is 2.03. The highest BCUT2D eigenvalue weighted by Crippen LogP contribution is 2.16. The molecule has 0 aliphatic heterocycles. The maximum Gasteiger partial charge on any atom is 0.322 e. The fourth-order valence-corrected chi connectivity index (χ4v) is 3.55. The second-order valence-corrected chi connectivity index (χ2v) is 7.91. The summed E-state index contributed by atoms with van der Waals surface area (Å²) in [4.78, 5) is 35.4. The zero-order chi connectivity index (χ0) is 21.3. The largest absolute Gasteiger partial charge is 0.350 e. The molecule has 0 spiro atoms. The number of nitrogens with one attached hydrogen (secondary N) is 2. The Morgan fingerprint density at radius 3 is 2.57 bits per heavy atom. The zero-order valence-corrected chi connectivity index (χ0v) is 17.9. The van der Waals surface area contributed by atoms with Gasteiger partial charge in [0.25, 0.3) is 5.91 Å². The van der Waals surface area contributed by atoms with E-state index in [4.69, 9.17) is 0 Å². The minimum absolute atomic E-state index is 0.0201. The van der Waals surface area contributed by atoms with E-state index in [9.17, 15) is 9.59 Å². The first kappa shape index (κ1) is 21.4. The van der Waals surface area contributed by atoms with Crippen molar-refractivity contribution in [1.82, 2.24) is 20.2 Å². The maximum absolute atomic E-state index is 12.7. The van der Waals surface area contributed by atoms with E-state index in [1.165, 1.54) is 11.3 Å². The second-order valence-electron chi connectivity index (χ2n) is 6.97. The van der Waals surface area contributed by atoms with Crippen molar-refractivity contribution in [3.63, 3.8) is 0 Å². The summed E-state index contributed by atoms with van der Waals surface area (Å²) < 4.78 is 0. The Labute approximate surface area is 180 Å². The molecule has 0 radical (unpaired) electrons. The predicted octanol–water partition coefficient (Wildman–Crippen LogP) is 3.95. The fraction of sp³-hybridized carbons (Fsp3) is 0.273. The smallest absolute Gasteiger partial charge is 0.322 e. The maximum atomic E-state index is 12.7. The third kappa shape index (κ3) is 6.12. The van der Waals surface area contributed by atoms with Gasteiger partial charge in [0.2, 0.25) is 0 Å². The highest BCUT2D eigenvalue weighted by molar-refractivity contribution is 7.09. The van der Waals surface area contributed by atoms with Crippen molar-refractivity contribution in [2.24, 2.45) is 0 Å². The van der Waals surface area contributed by atoms with Crippen LogP contribution in [0.15, 0.2) is 60.1 Å². The number of carbonyl (C=O) groups is 2. The first-order valence-corrected chi connectivity index (χ1v) is 10.7. The van der Waals surface area contributed by atoms with Gasteiger partial charge in [0, 0.05) is 42.0 Å². The number of nitrogens with zero attached hydrogens (tertiary/aromatic N) is 3. The topological polar surface area (TPSA) is 87.2 Å². The van der Waals surface area contributed by atoms with Crippen LogP contribution < -0.4 is 10.6 Å². The normalized spacial score (nSPS) is 10.6. The molecule has 3 aromatic rings. The molecule has 2 N–H and O–H groups in total. The van der Waals surface area contributed by atoms with Gasteiger partial charge in [-0.15, -0.1) is 11.3 Å². The number of rotatable bonds is 8. The summed E-state index contributed by atoms with van der Waals surface area (Å²) in [7, 11) is 0. The van der Waals surface area contributed by atoms with E-state index in [2.05, 4.69) is 20.6 Å². The van der Waals surface area contributed by atoms with Crippen molar-refractivity contribution in [1.29, 1.82) is 0 Å². The molecular weight excluding hydrogens is 398 g/mol. The van der Waals surface area contributed by atoms with Gasteiger partial charge in [-0.25, -0.2) is 9.78 Å². The summed E-state index contributed by atoms with van der Waals surface area (Å²) in [5, 5.41) is 8.19. The van der Waals surface area contributed by atoms with Crippen LogP contribution in [0.2, 0.25) is 0 Å². The van der Waals surface area contributed by atoms with Crippen LogP contribution in [0.3, 0.4) is 0 Å². The summed E-state index contributed by atoms with van der Waals surface area (Å²) in [6, 6.07) is 14.8. The molecule has 1 aromatic carbocycles. The lowest BCUT2D eigenvalue weighted by atomic mass is 10.2. The average Bonchev–Trinajstić information content (AvgIpc) is 3.22. The Balaban J connectivity index is 1.55. The molecule has 156 valence electrons. The molecule has 0 fully saturated rings. The first-order valence-electron chi connectivity index (χ1n) is 9.78. The van der Waals surface area contributed by atoms with E-state index in [1.807, 2.05) is 62.4 Å². The van der Waals surface area contributed by atoms with Crippen molar-refractivity contribution < 1.29 is 9.59 Å². The van der Waals surface area contributed by atoms with Crippen LogP contribution in [0.25, 0.3) is 0 Å². The van der Waals surface area contributed by atoms with E-state index < -0.39 is 0 Å². The highest BCUT2D eigenvalue weighted by atomic mass is 32.1. The number of hydrogen-bond donors (Lipinski definition) is 2. The number of benzene rings is 1. The van der Waals surface area contributed by atoms with Crippen LogP contribution in [-0.2, 0) is 13.0 Å². The lowest BCUT2D eigenvalue weighted by molar-refractivity contribution is 0.0949. The Morgan fingerprint density at radius 2 is 1.87 bits per heavy atom. The molecule has 2 aromatic heterocycles. The summed E-state index contributed by atoms with van der Waals surface area (Å²) in [6.45, 7) is 4.72. The molecule has 0 atom stereocenters. The first-order chi connectivity index (χ1) is 14.5. The zero-order valence-electron chi connectivity index (χ0n) is 17.0. The number of pyridine rings is 1. The molecule has 2 heterocycles. The number of hydrogen-bond acceptors (Lipinski definition) is 5. The van der Waals surface area contributed by atoms with Gasteiger partial charge in [-0.1, -0.05) is 24.3 Å².